The molecule has 2 aliphatic rings. The number of para-hydroxylation sites is 2. The van der Waals surface area contributed by atoms with Crippen LogP contribution in [-0.2, 0) is 9.59 Å². The molecule has 6 nitrogen and oxygen atoms in total. The van der Waals surface area contributed by atoms with Crippen LogP contribution in [0, 0.1) is 0 Å². The molecule has 1 unspecified atom stereocenters. The van der Waals surface area contributed by atoms with Crippen LogP contribution < -0.4 is 10.2 Å². The Morgan fingerprint density at radius 2 is 1.88 bits per heavy atom. The van der Waals surface area contributed by atoms with Crippen molar-refractivity contribution in [1.29, 1.82) is 0 Å². The zero-order valence-corrected chi connectivity index (χ0v) is 18.1. The number of amides is 2. The lowest BCUT2D eigenvalue weighted by Crippen LogP contribution is -2.38. The van der Waals surface area contributed by atoms with Crippen molar-refractivity contribution in [3.63, 3.8) is 0 Å². The molecule has 6 heteroatoms. The summed E-state index contributed by atoms with van der Waals surface area (Å²) < 4.78 is 1.84. The summed E-state index contributed by atoms with van der Waals surface area (Å²) in [6.07, 6.45) is 7.02. The van der Waals surface area contributed by atoms with Crippen molar-refractivity contribution >= 4 is 23.3 Å². The van der Waals surface area contributed by atoms with Gasteiger partial charge in [-0.05, 0) is 49.9 Å². The SMILES string of the molecule is CCN1C(=O)CC(c2ccccc2NC(=O)C2=CCCC2)c2cnn(-c3ccccc3)c21. The van der Waals surface area contributed by atoms with E-state index in [0.29, 0.717) is 13.0 Å². The molecule has 1 N–H and O–H groups in total. The average Bonchev–Trinajstić information content (AvgIpc) is 3.50. The minimum Gasteiger partial charge on any atom is -0.322 e. The van der Waals surface area contributed by atoms with Gasteiger partial charge in [0.1, 0.15) is 5.82 Å². The number of rotatable bonds is 5. The van der Waals surface area contributed by atoms with Gasteiger partial charge in [-0.1, -0.05) is 42.5 Å². The van der Waals surface area contributed by atoms with Crippen LogP contribution in [0.1, 0.15) is 49.7 Å². The van der Waals surface area contributed by atoms with E-state index in [-0.39, 0.29) is 17.7 Å². The van der Waals surface area contributed by atoms with Crippen molar-refractivity contribution in [2.45, 2.75) is 38.5 Å². The van der Waals surface area contributed by atoms with Gasteiger partial charge >= 0.3 is 0 Å². The number of aromatic nitrogens is 2. The summed E-state index contributed by atoms with van der Waals surface area (Å²) in [5, 5.41) is 7.76. The molecule has 162 valence electrons. The van der Waals surface area contributed by atoms with Crippen molar-refractivity contribution < 1.29 is 9.59 Å². The van der Waals surface area contributed by atoms with Gasteiger partial charge in [0.2, 0.25) is 5.91 Å². The van der Waals surface area contributed by atoms with Crippen LogP contribution >= 0.6 is 0 Å². The standard InChI is InChI=1S/C26H26N4O2/c1-2-29-24(31)16-21(22-17-27-30(26(22)29)19-12-4-3-5-13-19)20-14-8-9-15-23(20)28-25(32)18-10-6-7-11-18/h3-5,8-10,12-15,17,21H,2,6-7,11,16H2,1H3,(H,28,32). The number of hydrogen-bond acceptors (Lipinski definition) is 3. The second kappa shape index (κ2) is 8.46. The normalized spacial score (nSPS) is 17.8. The van der Waals surface area contributed by atoms with E-state index in [2.05, 4.69) is 10.4 Å². The fourth-order valence-electron chi connectivity index (χ4n) is 4.74. The average molecular weight is 427 g/mol. The lowest BCUT2D eigenvalue weighted by Gasteiger charge is -2.32. The van der Waals surface area contributed by atoms with E-state index in [1.807, 2.05) is 78.5 Å². The molecule has 0 saturated heterocycles. The number of benzene rings is 2. The topological polar surface area (TPSA) is 67.2 Å². The summed E-state index contributed by atoms with van der Waals surface area (Å²) in [5.74, 6) is 0.640. The number of allylic oxidation sites excluding steroid dienone is 1. The molecule has 3 aromatic rings. The minimum atomic E-state index is -0.174. The molecule has 1 aliphatic heterocycles. The summed E-state index contributed by atoms with van der Waals surface area (Å²) in [6, 6.07) is 17.6. The molecular formula is C26H26N4O2. The van der Waals surface area contributed by atoms with E-state index in [1.165, 1.54) is 0 Å². The van der Waals surface area contributed by atoms with Gasteiger partial charge in [0.05, 0.1) is 11.9 Å². The summed E-state index contributed by atoms with van der Waals surface area (Å²) in [6.45, 7) is 2.55. The molecule has 1 aliphatic carbocycles. The summed E-state index contributed by atoms with van der Waals surface area (Å²) >= 11 is 0. The molecule has 0 spiro atoms. The van der Waals surface area contributed by atoms with Gasteiger partial charge in [-0.3, -0.25) is 14.5 Å². The van der Waals surface area contributed by atoms with Crippen molar-refractivity contribution in [3.05, 3.63) is 83.6 Å². The third-order valence-corrected chi connectivity index (χ3v) is 6.32. The van der Waals surface area contributed by atoms with E-state index in [1.54, 1.807) is 4.90 Å². The largest absolute Gasteiger partial charge is 0.322 e. The van der Waals surface area contributed by atoms with E-state index >= 15 is 0 Å². The lowest BCUT2D eigenvalue weighted by molar-refractivity contribution is -0.119. The molecule has 2 heterocycles. The molecule has 0 radical (unpaired) electrons. The summed E-state index contributed by atoms with van der Waals surface area (Å²) in [4.78, 5) is 27.8. The van der Waals surface area contributed by atoms with Crippen LogP contribution in [0.5, 0.6) is 0 Å². The monoisotopic (exact) mass is 426 g/mol. The number of hydrogen-bond donors (Lipinski definition) is 1. The lowest BCUT2D eigenvalue weighted by atomic mass is 9.85. The first-order chi connectivity index (χ1) is 15.7. The van der Waals surface area contributed by atoms with Crippen LogP contribution in [0.25, 0.3) is 5.69 Å². The predicted octanol–water partition coefficient (Wildman–Crippen LogP) is 4.81. The molecule has 0 fully saturated rings. The van der Waals surface area contributed by atoms with Gasteiger partial charge in [-0.2, -0.15) is 5.10 Å². The first-order valence-electron chi connectivity index (χ1n) is 11.2. The highest BCUT2D eigenvalue weighted by molar-refractivity contribution is 6.05. The number of carbonyl (C=O) groups is 2. The summed E-state index contributed by atoms with van der Waals surface area (Å²) in [7, 11) is 0. The van der Waals surface area contributed by atoms with Crippen molar-refractivity contribution in [3.8, 4) is 5.69 Å². The number of fused-ring (bicyclic) bond motifs is 1. The molecule has 32 heavy (non-hydrogen) atoms. The smallest absolute Gasteiger partial charge is 0.251 e. The van der Waals surface area contributed by atoms with Crippen LogP contribution in [0.2, 0.25) is 0 Å². The van der Waals surface area contributed by atoms with E-state index < -0.39 is 0 Å². The van der Waals surface area contributed by atoms with Crippen LogP contribution in [0.15, 0.2) is 72.4 Å². The second-order valence-electron chi connectivity index (χ2n) is 8.23. The summed E-state index contributed by atoms with van der Waals surface area (Å²) in [5.41, 5.74) is 4.45. The van der Waals surface area contributed by atoms with Gasteiger partial charge in [-0.25, -0.2) is 4.68 Å². The van der Waals surface area contributed by atoms with Gasteiger partial charge < -0.3 is 5.32 Å². The Balaban J connectivity index is 1.57. The minimum absolute atomic E-state index is 0.0486. The van der Waals surface area contributed by atoms with E-state index in [4.69, 9.17) is 0 Å². The first-order valence-corrected chi connectivity index (χ1v) is 11.2. The Bertz CT molecular complexity index is 1200. The third kappa shape index (κ3) is 3.51. The fourth-order valence-corrected chi connectivity index (χ4v) is 4.74. The third-order valence-electron chi connectivity index (χ3n) is 6.32. The molecule has 2 amide bonds. The zero-order valence-electron chi connectivity index (χ0n) is 18.1. The molecule has 5 rings (SSSR count). The first kappa shape index (κ1) is 20.2. The van der Waals surface area contributed by atoms with Crippen molar-refractivity contribution in [1.82, 2.24) is 9.78 Å². The maximum absolute atomic E-state index is 13.2. The van der Waals surface area contributed by atoms with Crippen LogP contribution in [-0.4, -0.2) is 28.1 Å². The number of anilines is 2. The Kier molecular flexibility index (Phi) is 5.35. The van der Waals surface area contributed by atoms with Crippen molar-refractivity contribution in [2.24, 2.45) is 0 Å². The Labute approximate surface area is 187 Å². The number of nitrogens with one attached hydrogen (secondary N) is 1. The van der Waals surface area contributed by atoms with Crippen molar-refractivity contribution in [2.75, 3.05) is 16.8 Å². The maximum Gasteiger partial charge on any atom is 0.251 e. The molecule has 1 atom stereocenters. The fraction of sp³-hybridized carbons (Fsp3) is 0.269. The van der Waals surface area contributed by atoms with Gasteiger partial charge in [0.15, 0.2) is 0 Å². The van der Waals surface area contributed by atoms with E-state index in [9.17, 15) is 9.59 Å². The molecule has 1 aromatic heterocycles. The van der Waals surface area contributed by atoms with Gasteiger partial charge in [-0.15, -0.1) is 0 Å². The Morgan fingerprint density at radius 1 is 1.09 bits per heavy atom. The van der Waals surface area contributed by atoms with Gasteiger partial charge in [0.25, 0.3) is 5.91 Å². The molecular weight excluding hydrogens is 400 g/mol. The molecule has 0 bridgehead atoms. The zero-order chi connectivity index (χ0) is 22.1. The number of carbonyl (C=O) groups excluding carboxylic acids is 2. The van der Waals surface area contributed by atoms with E-state index in [0.717, 1.165) is 53.2 Å². The van der Waals surface area contributed by atoms with Crippen LogP contribution in [0.4, 0.5) is 11.5 Å². The maximum atomic E-state index is 13.2. The number of nitrogens with zero attached hydrogens (tertiary/aromatic N) is 3. The highest BCUT2D eigenvalue weighted by Crippen LogP contribution is 2.43. The van der Waals surface area contributed by atoms with Crippen LogP contribution in [0.3, 0.4) is 0 Å². The predicted molar refractivity (Wildman–Crippen MR) is 125 cm³/mol. The highest BCUT2D eigenvalue weighted by atomic mass is 16.2. The molecule has 0 saturated carbocycles. The second-order valence-corrected chi connectivity index (χ2v) is 8.23. The highest BCUT2D eigenvalue weighted by Gasteiger charge is 2.36. The molecule has 2 aromatic carbocycles. The van der Waals surface area contributed by atoms with Gasteiger partial charge in [0, 0.05) is 35.7 Å². The Morgan fingerprint density at radius 3 is 2.62 bits per heavy atom. The quantitative estimate of drug-likeness (QED) is 0.637. The Hall–Kier alpha value is -3.67.